The highest BCUT2D eigenvalue weighted by atomic mass is 15.4. The van der Waals surface area contributed by atoms with Crippen molar-refractivity contribution >= 4 is 17.1 Å². The first kappa shape index (κ1) is 24.2. The number of benzene rings is 5. The van der Waals surface area contributed by atoms with Crippen molar-refractivity contribution in [2.75, 3.05) is 4.90 Å². The van der Waals surface area contributed by atoms with Gasteiger partial charge in [0.15, 0.2) is 0 Å². The second kappa shape index (κ2) is 10.7. The van der Waals surface area contributed by atoms with Crippen molar-refractivity contribution in [3.8, 4) is 22.8 Å². The fraction of sp³-hybridized carbons (Fsp3) is 0.0588. The summed E-state index contributed by atoms with van der Waals surface area (Å²) in [5.41, 5.74) is 8.61. The Labute approximate surface area is 228 Å². The molecule has 0 amide bonds. The Balaban J connectivity index is 1.43. The largest absolute Gasteiger partial charge is 0.469 e. The minimum Gasteiger partial charge on any atom is -0.311 e. The van der Waals surface area contributed by atoms with Crippen LogP contribution in [0.15, 0.2) is 140 Å². The Morgan fingerprint density at radius 1 is 0.462 bits per heavy atom. The number of nitrogens with zero attached hydrogens (tertiary/aromatic N) is 5. The van der Waals surface area contributed by atoms with Crippen molar-refractivity contribution in [3.05, 3.63) is 151 Å². The van der Waals surface area contributed by atoms with Gasteiger partial charge < -0.3 is 4.90 Å². The number of rotatable bonds is 6. The zero-order chi connectivity index (χ0) is 26.6. The molecule has 0 atom stereocenters. The van der Waals surface area contributed by atoms with E-state index >= 15 is 0 Å². The van der Waals surface area contributed by atoms with Gasteiger partial charge in [0.1, 0.15) is 0 Å². The first-order valence-electron chi connectivity index (χ1n) is 13.0. The minimum absolute atomic E-state index is 0.633. The molecule has 188 valence electrons. The Hall–Kier alpha value is -5.16. The van der Waals surface area contributed by atoms with E-state index in [1.54, 1.807) is 0 Å². The van der Waals surface area contributed by atoms with Crippen LogP contribution in [0.1, 0.15) is 11.1 Å². The van der Waals surface area contributed by atoms with Crippen molar-refractivity contribution < 1.29 is 9.36 Å². The van der Waals surface area contributed by atoms with Crippen molar-refractivity contribution in [2.45, 2.75) is 13.8 Å². The molecule has 6 aromatic rings. The van der Waals surface area contributed by atoms with Gasteiger partial charge in [-0.2, -0.15) is 0 Å². The molecule has 5 heteroatoms. The molecule has 0 bridgehead atoms. The van der Waals surface area contributed by atoms with Gasteiger partial charge in [0.05, 0.1) is 0 Å². The molecule has 39 heavy (non-hydrogen) atoms. The van der Waals surface area contributed by atoms with E-state index < -0.39 is 0 Å². The number of para-hydroxylation sites is 2. The van der Waals surface area contributed by atoms with Crippen LogP contribution >= 0.6 is 0 Å². The normalized spacial score (nSPS) is 10.8. The first-order chi connectivity index (χ1) is 19.1. The van der Waals surface area contributed by atoms with E-state index in [0.29, 0.717) is 5.82 Å². The fourth-order valence-electron chi connectivity index (χ4n) is 4.50. The van der Waals surface area contributed by atoms with Crippen LogP contribution in [0.25, 0.3) is 22.8 Å². The highest BCUT2D eigenvalue weighted by Gasteiger charge is 2.23. The van der Waals surface area contributed by atoms with Crippen LogP contribution in [0.2, 0.25) is 0 Å². The maximum absolute atomic E-state index is 4.88. The molecule has 0 saturated carbocycles. The average Bonchev–Trinajstić information content (AvgIpc) is 3.00. The molecule has 5 aromatic carbocycles. The van der Waals surface area contributed by atoms with E-state index in [-0.39, 0.29) is 0 Å². The third-order valence-corrected chi connectivity index (χ3v) is 6.63. The summed E-state index contributed by atoms with van der Waals surface area (Å²) >= 11 is 0. The third-order valence-electron chi connectivity index (χ3n) is 6.63. The standard InChI is InChI=1S/C34H29N5/c1-26-13-19-31(20-14-26)39(32-21-15-27(2)16-22-32)33-23-17-28(18-24-33)34-35-37(29-9-5-3-6-10-29)25-38(36-34)30-11-7-4-8-12-30/h3-25H,1-2H3/q+2. The number of aryl methyl sites for hydroxylation is 2. The molecule has 0 saturated heterocycles. The van der Waals surface area contributed by atoms with E-state index in [1.165, 1.54) is 11.1 Å². The van der Waals surface area contributed by atoms with Crippen molar-refractivity contribution in [1.29, 1.82) is 0 Å². The first-order valence-corrected chi connectivity index (χ1v) is 13.0. The van der Waals surface area contributed by atoms with Crippen LogP contribution in [-0.4, -0.2) is 10.2 Å². The molecule has 6 rings (SSSR count). The topological polar surface area (TPSA) is 36.8 Å². The van der Waals surface area contributed by atoms with Gasteiger partial charge in [-0.25, -0.2) is 0 Å². The summed E-state index contributed by atoms with van der Waals surface area (Å²) in [4.78, 5) is 2.27. The zero-order valence-corrected chi connectivity index (χ0v) is 22.0. The lowest BCUT2D eigenvalue weighted by Gasteiger charge is -2.25. The van der Waals surface area contributed by atoms with Gasteiger partial charge in [-0.05, 0) is 62.4 Å². The van der Waals surface area contributed by atoms with Crippen LogP contribution in [0.3, 0.4) is 0 Å². The molecule has 1 aromatic heterocycles. The molecular formula is C34H29N5+2. The Morgan fingerprint density at radius 3 is 1.26 bits per heavy atom. The van der Waals surface area contributed by atoms with Crippen molar-refractivity contribution in [2.24, 2.45) is 0 Å². The monoisotopic (exact) mass is 507 g/mol. The smallest absolute Gasteiger partial charge is 0.311 e. The van der Waals surface area contributed by atoms with E-state index in [0.717, 1.165) is 34.0 Å². The van der Waals surface area contributed by atoms with Gasteiger partial charge in [0.2, 0.25) is 11.4 Å². The highest BCUT2D eigenvalue weighted by molar-refractivity contribution is 5.77. The second-order valence-corrected chi connectivity index (χ2v) is 9.55. The second-order valence-electron chi connectivity index (χ2n) is 9.55. The number of anilines is 3. The molecule has 0 aliphatic rings. The third kappa shape index (κ3) is 5.29. The van der Waals surface area contributed by atoms with Crippen molar-refractivity contribution in [3.63, 3.8) is 0 Å². The SMILES string of the molecule is Cc1ccc(N(c2ccc(C)cc2)c2ccc(-c3n[n+](-c4ccccc4)c[n+](-c4ccccc4)n3)cc2)cc1. The van der Waals surface area contributed by atoms with E-state index in [9.17, 15) is 0 Å². The maximum atomic E-state index is 4.88. The molecule has 0 radical (unpaired) electrons. The summed E-state index contributed by atoms with van der Waals surface area (Å²) in [6.45, 7) is 4.22. The van der Waals surface area contributed by atoms with Gasteiger partial charge in [-0.1, -0.05) is 71.8 Å². The molecule has 0 N–H and O–H groups in total. The van der Waals surface area contributed by atoms with E-state index in [4.69, 9.17) is 10.2 Å². The van der Waals surface area contributed by atoms with E-state index in [1.807, 2.05) is 76.4 Å². The van der Waals surface area contributed by atoms with E-state index in [2.05, 4.69) is 91.5 Å². The fourth-order valence-corrected chi connectivity index (χ4v) is 4.50. The molecule has 0 aliphatic heterocycles. The lowest BCUT2D eigenvalue weighted by atomic mass is 10.1. The lowest BCUT2D eigenvalue weighted by Crippen LogP contribution is -2.49. The summed E-state index contributed by atoms with van der Waals surface area (Å²) < 4.78 is 3.74. The molecule has 0 spiro atoms. The summed E-state index contributed by atoms with van der Waals surface area (Å²) in [6.07, 6.45) is 1.90. The Bertz CT molecular complexity index is 1580. The summed E-state index contributed by atoms with van der Waals surface area (Å²) in [7, 11) is 0. The molecule has 0 aliphatic carbocycles. The minimum atomic E-state index is 0.633. The van der Waals surface area contributed by atoms with Crippen LogP contribution in [0, 0.1) is 13.8 Å². The van der Waals surface area contributed by atoms with Crippen LogP contribution in [0.4, 0.5) is 17.1 Å². The van der Waals surface area contributed by atoms with Gasteiger partial charge in [0.25, 0.3) is 5.82 Å². The Morgan fingerprint density at radius 2 is 0.846 bits per heavy atom. The summed E-state index contributed by atoms with van der Waals surface area (Å²) in [6, 6.07) is 45.9. The molecular weight excluding hydrogens is 478 g/mol. The predicted octanol–water partition coefficient (Wildman–Crippen LogP) is 6.78. The maximum Gasteiger partial charge on any atom is 0.469 e. The van der Waals surface area contributed by atoms with Crippen LogP contribution < -0.4 is 14.3 Å². The van der Waals surface area contributed by atoms with Crippen LogP contribution in [-0.2, 0) is 0 Å². The van der Waals surface area contributed by atoms with Crippen molar-refractivity contribution in [1.82, 2.24) is 10.2 Å². The Kier molecular flexibility index (Phi) is 6.62. The summed E-state index contributed by atoms with van der Waals surface area (Å²) in [5.74, 6) is 0.633. The van der Waals surface area contributed by atoms with Gasteiger partial charge in [0, 0.05) is 66.5 Å². The average molecular weight is 508 g/mol. The molecule has 5 nitrogen and oxygen atoms in total. The highest BCUT2D eigenvalue weighted by Crippen LogP contribution is 2.35. The molecule has 0 unspecified atom stereocenters. The van der Waals surface area contributed by atoms with Gasteiger partial charge in [-0.15, -0.1) is 0 Å². The van der Waals surface area contributed by atoms with Crippen LogP contribution in [0.5, 0.6) is 0 Å². The van der Waals surface area contributed by atoms with Gasteiger partial charge in [-0.3, -0.25) is 0 Å². The van der Waals surface area contributed by atoms with Gasteiger partial charge >= 0.3 is 6.33 Å². The number of hydrogen-bond acceptors (Lipinski definition) is 3. The number of aromatic nitrogens is 4. The summed E-state index contributed by atoms with van der Waals surface area (Å²) in [5, 5.41) is 9.76. The molecule has 0 fully saturated rings. The predicted molar refractivity (Wildman–Crippen MR) is 155 cm³/mol. The zero-order valence-electron chi connectivity index (χ0n) is 22.0. The quantitative estimate of drug-likeness (QED) is 0.233. The molecule has 1 heterocycles. The lowest BCUT2D eigenvalue weighted by molar-refractivity contribution is -0.797. The number of hydrogen-bond donors (Lipinski definition) is 0.